The van der Waals surface area contributed by atoms with Gasteiger partial charge in [-0.05, 0) is 40.5 Å². The van der Waals surface area contributed by atoms with Crippen molar-refractivity contribution in [2.75, 3.05) is 13.1 Å². The van der Waals surface area contributed by atoms with Crippen molar-refractivity contribution in [2.45, 2.75) is 77.8 Å². The molecule has 4 heteroatoms. The van der Waals surface area contributed by atoms with Crippen LogP contribution in [0.3, 0.4) is 0 Å². The Morgan fingerprint density at radius 1 is 1.24 bits per heavy atom. The van der Waals surface area contributed by atoms with Gasteiger partial charge in [-0.25, -0.2) is 0 Å². The van der Waals surface area contributed by atoms with Crippen LogP contribution in [-0.2, 0) is 9.59 Å². The van der Waals surface area contributed by atoms with E-state index in [1.54, 1.807) is 0 Å². The molecule has 0 aromatic carbocycles. The average molecular weight is 294 g/mol. The number of amides is 2. The Bertz CT molecular complexity index is 394. The number of carbonyl (C=O) groups excluding carboxylic acids is 2. The smallest absolute Gasteiger partial charge is 0.228 e. The predicted molar refractivity (Wildman–Crippen MR) is 83.8 cm³/mol. The summed E-state index contributed by atoms with van der Waals surface area (Å²) in [6, 6.07) is 0.398. The van der Waals surface area contributed by atoms with Gasteiger partial charge in [0, 0.05) is 31.1 Å². The third-order valence-electron chi connectivity index (χ3n) is 4.92. The molecule has 0 N–H and O–H groups in total. The van der Waals surface area contributed by atoms with Crippen molar-refractivity contribution >= 4 is 11.8 Å². The van der Waals surface area contributed by atoms with Gasteiger partial charge in [0.15, 0.2) is 0 Å². The number of hydrogen-bond acceptors (Lipinski definition) is 2. The highest BCUT2D eigenvalue weighted by atomic mass is 16.2. The molecular weight excluding hydrogens is 264 g/mol. The van der Waals surface area contributed by atoms with Gasteiger partial charge in [-0.1, -0.05) is 19.3 Å². The van der Waals surface area contributed by atoms with Gasteiger partial charge in [-0.3, -0.25) is 9.59 Å². The topological polar surface area (TPSA) is 40.6 Å². The molecule has 1 saturated heterocycles. The van der Waals surface area contributed by atoms with Crippen LogP contribution in [0.2, 0.25) is 0 Å². The zero-order valence-electron chi connectivity index (χ0n) is 14.0. The van der Waals surface area contributed by atoms with Crippen molar-refractivity contribution in [2.24, 2.45) is 5.92 Å². The molecule has 2 aliphatic rings. The molecule has 2 amide bonds. The third kappa shape index (κ3) is 3.58. The number of rotatable bonds is 3. The van der Waals surface area contributed by atoms with Crippen molar-refractivity contribution in [1.82, 2.24) is 9.80 Å². The number of carbonyl (C=O) groups is 2. The molecule has 120 valence electrons. The monoisotopic (exact) mass is 294 g/mol. The highest BCUT2D eigenvalue weighted by Crippen LogP contribution is 2.29. The van der Waals surface area contributed by atoms with Gasteiger partial charge in [0.1, 0.15) is 0 Å². The maximum Gasteiger partial charge on any atom is 0.228 e. The van der Waals surface area contributed by atoms with Crippen LogP contribution in [-0.4, -0.2) is 46.3 Å². The van der Waals surface area contributed by atoms with Crippen LogP contribution in [0.5, 0.6) is 0 Å². The zero-order chi connectivity index (χ0) is 15.6. The van der Waals surface area contributed by atoms with Crippen LogP contribution in [0.4, 0.5) is 0 Å². The Balaban J connectivity index is 2.03. The minimum Gasteiger partial charge on any atom is -0.340 e. The van der Waals surface area contributed by atoms with E-state index >= 15 is 0 Å². The summed E-state index contributed by atoms with van der Waals surface area (Å²) < 4.78 is 0. The molecule has 1 saturated carbocycles. The minimum atomic E-state index is -0.187. The van der Waals surface area contributed by atoms with Gasteiger partial charge < -0.3 is 9.80 Å². The molecule has 0 bridgehead atoms. The summed E-state index contributed by atoms with van der Waals surface area (Å²) in [4.78, 5) is 28.9. The van der Waals surface area contributed by atoms with Crippen LogP contribution in [0.15, 0.2) is 0 Å². The summed E-state index contributed by atoms with van der Waals surface area (Å²) in [5, 5.41) is 0. The first-order valence-corrected chi connectivity index (χ1v) is 8.45. The highest BCUT2D eigenvalue weighted by molar-refractivity contribution is 5.89. The van der Waals surface area contributed by atoms with E-state index < -0.39 is 0 Å². The summed E-state index contributed by atoms with van der Waals surface area (Å²) in [6.45, 7) is 9.53. The van der Waals surface area contributed by atoms with E-state index in [0.717, 1.165) is 19.4 Å². The molecule has 0 spiro atoms. The third-order valence-corrected chi connectivity index (χ3v) is 4.92. The lowest BCUT2D eigenvalue weighted by Crippen LogP contribution is -2.46. The number of nitrogens with zero attached hydrogens (tertiary/aromatic N) is 2. The fourth-order valence-electron chi connectivity index (χ4n) is 3.74. The molecule has 1 unspecified atom stereocenters. The highest BCUT2D eigenvalue weighted by Gasteiger charge is 2.41. The molecule has 1 atom stereocenters. The fraction of sp³-hybridized carbons (Fsp3) is 0.882. The molecule has 2 rings (SSSR count). The first-order chi connectivity index (χ1) is 9.84. The van der Waals surface area contributed by atoms with E-state index in [9.17, 15) is 9.59 Å². The molecule has 21 heavy (non-hydrogen) atoms. The number of likely N-dealkylation sites (tertiary alicyclic amines) is 1. The SMILES string of the molecule is CCN(C(=O)C1CC(=O)N(C(C)(C)C)C1)C1CCCCC1. The molecule has 0 aromatic heterocycles. The van der Waals surface area contributed by atoms with Crippen LogP contribution in [0.25, 0.3) is 0 Å². The maximum atomic E-state index is 12.8. The standard InChI is InChI=1S/C17H30N2O2/c1-5-18(14-9-7-6-8-10-14)16(21)13-11-15(20)19(12-13)17(2,3)4/h13-14H,5-12H2,1-4H3. The number of hydrogen-bond donors (Lipinski definition) is 0. The van der Waals surface area contributed by atoms with Gasteiger partial charge in [0.25, 0.3) is 0 Å². The van der Waals surface area contributed by atoms with Gasteiger partial charge >= 0.3 is 0 Å². The van der Waals surface area contributed by atoms with E-state index in [1.165, 1.54) is 19.3 Å². The summed E-state index contributed by atoms with van der Waals surface area (Å²) >= 11 is 0. The lowest BCUT2D eigenvalue weighted by atomic mass is 9.93. The lowest BCUT2D eigenvalue weighted by molar-refractivity contribution is -0.138. The Labute approximate surface area is 128 Å². The van der Waals surface area contributed by atoms with E-state index in [2.05, 4.69) is 6.92 Å². The molecule has 4 nitrogen and oxygen atoms in total. The quantitative estimate of drug-likeness (QED) is 0.803. The second-order valence-corrected chi connectivity index (χ2v) is 7.49. The molecule has 0 aromatic rings. The normalized spacial score (nSPS) is 24.5. The van der Waals surface area contributed by atoms with E-state index in [4.69, 9.17) is 0 Å². The zero-order valence-corrected chi connectivity index (χ0v) is 14.0. The minimum absolute atomic E-state index is 0.126. The van der Waals surface area contributed by atoms with Crippen molar-refractivity contribution < 1.29 is 9.59 Å². The molecular formula is C17H30N2O2. The average Bonchev–Trinajstić information content (AvgIpc) is 2.83. The van der Waals surface area contributed by atoms with Crippen molar-refractivity contribution in [1.29, 1.82) is 0 Å². The van der Waals surface area contributed by atoms with Crippen LogP contribution in [0, 0.1) is 5.92 Å². The largest absolute Gasteiger partial charge is 0.340 e. The van der Waals surface area contributed by atoms with Crippen LogP contribution in [0.1, 0.15) is 66.2 Å². The van der Waals surface area contributed by atoms with Gasteiger partial charge in [0.05, 0.1) is 5.92 Å². The molecule has 2 fully saturated rings. The van der Waals surface area contributed by atoms with Crippen LogP contribution < -0.4 is 0 Å². The predicted octanol–water partition coefficient (Wildman–Crippen LogP) is 2.81. The Morgan fingerprint density at radius 2 is 1.86 bits per heavy atom. The van der Waals surface area contributed by atoms with Gasteiger partial charge in [-0.15, -0.1) is 0 Å². The van der Waals surface area contributed by atoms with Gasteiger partial charge in [0.2, 0.25) is 11.8 Å². The Hall–Kier alpha value is -1.06. The molecule has 1 aliphatic carbocycles. The summed E-state index contributed by atoms with van der Waals surface area (Å²) in [6.07, 6.45) is 6.39. The maximum absolute atomic E-state index is 12.8. The second kappa shape index (κ2) is 6.37. The first-order valence-electron chi connectivity index (χ1n) is 8.45. The fourth-order valence-corrected chi connectivity index (χ4v) is 3.74. The van der Waals surface area contributed by atoms with Gasteiger partial charge in [-0.2, -0.15) is 0 Å². The summed E-state index contributed by atoms with van der Waals surface area (Å²) in [7, 11) is 0. The Morgan fingerprint density at radius 3 is 2.33 bits per heavy atom. The molecule has 0 radical (unpaired) electrons. The van der Waals surface area contributed by atoms with E-state index in [0.29, 0.717) is 19.0 Å². The van der Waals surface area contributed by atoms with Crippen molar-refractivity contribution in [3.05, 3.63) is 0 Å². The summed E-state index contributed by atoms with van der Waals surface area (Å²) in [5.41, 5.74) is -0.187. The second-order valence-electron chi connectivity index (χ2n) is 7.49. The summed E-state index contributed by atoms with van der Waals surface area (Å²) in [5.74, 6) is 0.184. The van der Waals surface area contributed by atoms with E-state index in [-0.39, 0.29) is 23.3 Å². The molecule has 1 aliphatic heterocycles. The lowest BCUT2D eigenvalue weighted by Gasteiger charge is -2.36. The Kier molecular flexibility index (Phi) is 4.95. The van der Waals surface area contributed by atoms with E-state index in [1.807, 2.05) is 30.6 Å². The van der Waals surface area contributed by atoms with Crippen molar-refractivity contribution in [3.8, 4) is 0 Å². The first kappa shape index (κ1) is 16.3. The van der Waals surface area contributed by atoms with Crippen molar-refractivity contribution in [3.63, 3.8) is 0 Å². The molecule has 1 heterocycles. The van der Waals surface area contributed by atoms with Crippen LogP contribution >= 0.6 is 0 Å².